The van der Waals surface area contributed by atoms with E-state index in [1.807, 2.05) is 24.4 Å². The molecular formula is C18H19ClN2. The van der Waals surface area contributed by atoms with Crippen molar-refractivity contribution in [3.8, 4) is 11.1 Å². The third kappa shape index (κ3) is 2.18. The van der Waals surface area contributed by atoms with Crippen molar-refractivity contribution in [1.82, 2.24) is 9.88 Å². The number of pyridine rings is 1. The van der Waals surface area contributed by atoms with E-state index in [0.29, 0.717) is 17.1 Å². The quantitative estimate of drug-likeness (QED) is 0.766. The van der Waals surface area contributed by atoms with Gasteiger partial charge in [-0.05, 0) is 43.5 Å². The summed E-state index contributed by atoms with van der Waals surface area (Å²) >= 11 is 6.32. The van der Waals surface area contributed by atoms with Crippen molar-refractivity contribution in [2.45, 2.75) is 37.3 Å². The van der Waals surface area contributed by atoms with Crippen molar-refractivity contribution in [2.75, 3.05) is 7.05 Å². The van der Waals surface area contributed by atoms with Crippen molar-refractivity contribution in [3.63, 3.8) is 0 Å². The third-order valence-electron chi connectivity index (χ3n) is 5.26. The first-order valence-electron chi connectivity index (χ1n) is 7.67. The highest BCUT2D eigenvalue weighted by molar-refractivity contribution is 6.32. The largest absolute Gasteiger partial charge is 0.300 e. The number of halogens is 1. The summed E-state index contributed by atoms with van der Waals surface area (Å²) < 4.78 is 0. The molecule has 2 fully saturated rings. The zero-order valence-corrected chi connectivity index (χ0v) is 12.9. The molecule has 0 spiro atoms. The molecule has 0 aliphatic carbocycles. The topological polar surface area (TPSA) is 16.1 Å². The van der Waals surface area contributed by atoms with Crippen molar-refractivity contribution in [2.24, 2.45) is 0 Å². The van der Waals surface area contributed by atoms with Crippen molar-refractivity contribution < 1.29 is 0 Å². The summed E-state index contributed by atoms with van der Waals surface area (Å²) in [4.78, 5) is 7.01. The summed E-state index contributed by atoms with van der Waals surface area (Å²) in [6.45, 7) is 0. The Labute approximate surface area is 130 Å². The number of rotatable bonds is 2. The first kappa shape index (κ1) is 13.3. The number of hydrogen-bond acceptors (Lipinski definition) is 2. The second kappa shape index (κ2) is 5.11. The maximum absolute atomic E-state index is 6.32. The molecule has 2 nitrogen and oxygen atoms in total. The molecule has 2 bridgehead atoms. The molecule has 0 saturated carbocycles. The average molecular weight is 299 g/mol. The van der Waals surface area contributed by atoms with Gasteiger partial charge in [-0.15, -0.1) is 0 Å². The van der Waals surface area contributed by atoms with E-state index in [9.17, 15) is 0 Å². The fraction of sp³-hybridized carbons (Fsp3) is 0.389. The van der Waals surface area contributed by atoms with Crippen LogP contribution < -0.4 is 0 Å². The Morgan fingerprint density at radius 2 is 2.00 bits per heavy atom. The Bertz CT molecular complexity index is 656. The van der Waals surface area contributed by atoms with Gasteiger partial charge in [-0.2, -0.15) is 0 Å². The zero-order chi connectivity index (χ0) is 14.4. The van der Waals surface area contributed by atoms with Gasteiger partial charge >= 0.3 is 0 Å². The van der Waals surface area contributed by atoms with Crippen LogP contribution in [0.25, 0.3) is 11.1 Å². The predicted molar refractivity (Wildman–Crippen MR) is 86.6 cm³/mol. The summed E-state index contributed by atoms with van der Waals surface area (Å²) in [6.07, 6.45) is 5.91. The Balaban J connectivity index is 1.72. The standard InChI is InChI=1S/C18H19ClN2/c1-21-14-7-8-17(21)15(10-14)13-9-16(18(19)20-11-13)12-5-3-2-4-6-12/h2-6,9,11,14-15,17H,7-8,10H2,1H3. The minimum atomic E-state index is 0.599. The number of fused-ring (bicyclic) bond motifs is 2. The van der Waals surface area contributed by atoms with Crippen LogP contribution in [0.2, 0.25) is 5.15 Å². The summed E-state index contributed by atoms with van der Waals surface area (Å²) in [6, 6.07) is 14.0. The van der Waals surface area contributed by atoms with Crippen molar-refractivity contribution >= 4 is 11.6 Å². The van der Waals surface area contributed by atoms with Gasteiger partial charge < -0.3 is 0 Å². The molecular weight excluding hydrogens is 280 g/mol. The van der Waals surface area contributed by atoms with Gasteiger partial charge in [-0.25, -0.2) is 4.98 Å². The van der Waals surface area contributed by atoms with Crippen LogP contribution in [0, 0.1) is 0 Å². The lowest BCUT2D eigenvalue weighted by Gasteiger charge is -2.22. The first-order chi connectivity index (χ1) is 10.2. The van der Waals surface area contributed by atoms with E-state index in [4.69, 9.17) is 11.6 Å². The molecule has 21 heavy (non-hydrogen) atoms. The molecule has 2 aromatic rings. The first-order valence-corrected chi connectivity index (χ1v) is 8.04. The highest BCUT2D eigenvalue weighted by atomic mass is 35.5. The predicted octanol–water partition coefficient (Wildman–Crippen LogP) is 4.35. The van der Waals surface area contributed by atoms with Crippen LogP contribution in [-0.4, -0.2) is 29.0 Å². The smallest absolute Gasteiger partial charge is 0.136 e. The summed E-state index contributed by atoms with van der Waals surface area (Å²) in [7, 11) is 2.27. The van der Waals surface area contributed by atoms with Crippen molar-refractivity contribution in [1.29, 1.82) is 0 Å². The van der Waals surface area contributed by atoms with Gasteiger partial charge in [-0.3, -0.25) is 4.90 Å². The molecule has 1 aromatic carbocycles. The van der Waals surface area contributed by atoms with Crippen LogP contribution in [0.15, 0.2) is 42.6 Å². The summed E-state index contributed by atoms with van der Waals surface area (Å²) in [5.41, 5.74) is 3.55. The molecule has 2 aliphatic rings. The molecule has 1 aromatic heterocycles. The van der Waals surface area contributed by atoms with Gasteiger partial charge in [0.25, 0.3) is 0 Å². The molecule has 0 radical (unpaired) electrons. The number of benzene rings is 1. The monoisotopic (exact) mass is 298 g/mol. The second-order valence-corrected chi connectivity index (χ2v) is 6.64. The highest BCUT2D eigenvalue weighted by Crippen LogP contribution is 2.46. The minimum absolute atomic E-state index is 0.599. The molecule has 4 rings (SSSR count). The van der Waals surface area contributed by atoms with E-state index < -0.39 is 0 Å². The maximum atomic E-state index is 6.32. The number of aromatic nitrogens is 1. The van der Waals surface area contributed by atoms with E-state index in [2.05, 4.69) is 35.1 Å². The number of hydrogen-bond donors (Lipinski definition) is 0. The molecule has 0 N–H and O–H groups in total. The third-order valence-corrected chi connectivity index (χ3v) is 5.56. The minimum Gasteiger partial charge on any atom is -0.300 e. The van der Waals surface area contributed by atoms with Crippen LogP contribution in [0.4, 0.5) is 0 Å². The summed E-state index contributed by atoms with van der Waals surface area (Å²) in [5.74, 6) is 0.612. The Morgan fingerprint density at radius 1 is 1.19 bits per heavy atom. The average Bonchev–Trinajstić information content (AvgIpc) is 3.04. The molecule has 3 atom stereocenters. The van der Waals surface area contributed by atoms with E-state index in [1.54, 1.807) is 0 Å². The molecule has 2 saturated heterocycles. The fourth-order valence-corrected chi connectivity index (χ4v) is 4.32. The molecule has 3 heterocycles. The molecule has 108 valence electrons. The van der Waals surface area contributed by atoms with E-state index >= 15 is 0 Å². The van der Waals surface area contributed by atoms with Gasteiger partial charge in [0.05, 0.1) is 0 Å². The van der Waals surface area contributed by atoms with E-state index in [0.717, 1.165) is 17.2 Å². The fourth-order valence-electron chi connectivity index (χ4n) is 4.11. The van der Waals surface area contributed by atoms with E-state index in [1.165, 1.54) is 24.8 Å². The summed E-state index contributed by atoms with van der Waals surface area (Å²) in [5, 5.41) is 0.599. The Morgan fingerprint density at radius 3 is 2.67 bits per heavy atom. The molecule has 3 unspecified atom stereocenters. The normalized spacial score (nSPS) is 28.2. The van der Waals surface area contributed by atoms with Crippen LogP contribution in [-0.2, 0) is 0 Å². The molecule has 2 aliphatic heterocycles. The van der Waals surface area contributed by atoms with Gasteiger partial charge in [-0.1, -0.05) is 41.9 Å². The van der Waals surface area contributed by atoms with Crippen LogP contribution in [0.1, 0.15) is 30.7 Å². The van der Waals surface area contributed by atoms with E-state index in [-0.39, 0.29) is 0 Å². The Hall–Kier alpha value is -1.38. The molecule has 3 heteroatoms. The lowest BCUT2D eigenvalue weighted by molar-refractivity contribution is 0.307. The van der Waals surface area contributed by atoms with Crippen LogP contribution >= 0.6 is 11.6 Å². The van der Waals surface area contributed by atoms with Gasteiger partial charge in [0.15, 0.2) is 0 Å². The molecule has 0 amide bonds. The van der Waals surface area contributed by atoms with Crippen LogP contribution in [0.3, 0.4) is 0 Å². The number of nitrogens with zero attached hydrogens (tertiary/aromatic N) is 2. The van der Waals surface area contributed by atoms with Gasteiger partial charge in [0.1, 0.15) is 5.15 Å². The zero-order valence-electron chi connectivity index (χ0n) is 12.2. The van der Waals surface area contributed by atoms with Crippen molar-refractivity contribution in [3.05, 3.63) is 53.3 Å². The maximum Gasteiger partial charge on any atom is 0.136 e. The lowest BCUT2D eigenvalue weighted by atomic mass is 9.84. The number of likely N-dealkylation sites (N-methyl/N-ethyl adjacent to an activating group) is 1. The van der Waals surface area contributed by atoms with Gasteiger partial charge in [0, 0.05) is 29.8 Å². The SMILES string of the molecule is CN1C2CCC1C(c1cnc(Cl)c(-c3ccccc3)c1)C2. The Kier molecular flexibility index (Phi) is 3.24. The second-order valence-electron chi connectivity index (χ2n) is 6.28. The van der Waals surface area contributed by atoms with Crippen LogP contribution in [0.5, 0.6) is 0 Å². The highest BCUT2D eigenvalue weighted by Gasteiger charge is 2.44. The van der Waals surface area contributed by atoms with Gasteiger partial charge in [0.2, 0.25) is 0 Å². The lowest BCUT2D eigenvalue weighted by Crippen LogP contribution is -2.25.